The molecule has 1 saturated heterocycles. The average Bonchev–Trinajstić information content (AvgIpc) is 3.27. The first-order valence-corrected chi connectivity index (χ1v) is 9.21. The van der Waals surface area contributed by atoms with Crippen LogP contribution in [0.3, 0.4) is 0 Å². The number of hydrogen-bond acceptors (Lipinski definition) is 7. The zero-order valence-corrected chi connectivity index (χ0v) is 15.9. The number of para-hydroxylation sites is 1. The molecule has 0 spiro atoms. The number of nitrogens with zero attached hydrogens (tertiary/aromatic N) is 3. The van der Waals surface area contributed by atoms with E-state index in [0.717, 1.165) is 30.8 Å². The zero-order chi connectivity index (χ0) is 18.5. The van der Waals surface area contributed by atoms with Crippen molar-refractivity contribution in [3.05, 3.63) is 24.3 Å². The second-order valence-corrected chi connectivity index (χ2v) is 6.83. The molecule has 0 saturated carbocycles. The normalized spacial score (nSPS) is 20.7. The number of likely N-dealkylation sites (tertiary alicyclic amines) is 1. The molecule has 1 aromatic carbocycles. The lowest BCUT2D eigenvalue weighted by Gasteiger charge is -2.19. The summed E-state index contributed by atoms with van der Waals surface area (Å²) < 4.78 is 17.3. The Balaban J connectivity index is 1.72. The molecule has 2 heterocycles. The number of nitrogens with one attached hydrogen (secondary N) is 1. The van der Waals surface area contributed by atoms with Crippen molar-refractivity contribution in [1.82, 2.24) is 15.1 Å². The van der Waals surface area contributed by atoms with Crippen molar-refractivity contribution in [2.75, 3.05) is 32.1 Å². The Morgan fingerprint density at radius 1 is 1.27 bits per heavy atom. The predicted octanol–water partition coefficient (Wildman–Crippen LogP) is 3.04. The minimum Gasteiger partial charge on any atom is -0.493 e. The molecule has 1 N–H and O–H groups in total. The number of benzene rings is 1. The predicted molar refractivity (Wildman–Crippen MR) is 100 cm³/mol. The lowest BCUT2D eigenvalue weighted by atomic mass is 10.2. The van der Waals surface area contributed by atoms with Gasteiger partial charge in [0.05, 0.1) is 24.3 Å². The van der Waals surface area contributed by atoms with E-state index >= 15 is 0 Å². The van der Waals surface area contributed by atoms with Crippen LogP contribution in [0.1, 0.15) is 27.2 Å². The number of ether oxygens (including phenoxy) is 2. The van der Waals surface area contributed by atoms with Crippen LogP contribution >= 0.6 is 0 Å². The first kappa shape index (κ1) is 18.7. The van der Waals surface area contributed by atoms with Crippen LogP contribution in [-0.2, 0) is 4.74 Å². The van der Waals surface area contributed by atoms with Gasteiger partial charge in [0, 0.05) is 26.2 Å². The van der Waals surface area contributed by atoms with Gasteiger partial charge in [0.2, 0.25) is 0 Å². The van der Waals surface area contributed by atoms with Gasteiger partial charge >= 0.3 is 6.01 Å². The summed E-state index contributed by atoms with van der Waals surface area (Å²) in [6, 6.07) is 8.71. The van der Waals surface area contributed by atoms with Gasteiger partial charge in [-0.05, 0) is 32.4 Å². The fraction of sp³-hybridized carbons (Fsp3) is 0.579. The molecule has 0 unspecified atom stereocenters. The minimum atomic E-state index is 0.0907. The van der Waals surface area contributed by atoms with Crippen molar-refractivity contribution in [3.8, 4) is 17.2 Å². The number of hydrogen-bond donors (Lipinski definition) is 1. The van der Waals surface area contributed by atoms with E-state index < -0.39 is 0 Å². The highest BCUT2D eigenvalue weighted by Gasteiger charge is 2.35. The number of aromatic nitrogens is 2. The molecule has 3 rings (SSSR count). The van der Waals surface area contributed by atoms with Crippen LogP contribution in [0.15, 0.2) is 28.7 Å². The molecule has 7 heteroatoms. The van der Waals surface area contributed by atoms with Gasteiger partial charge in [0.15, 0.2) is 0 Å². The molecule has 1 aliphatic heterocycles. The summed E-state index contributed by atoms with van der Waals surface area (Å²) in [6.07, 6.45) is 1.03. The fourth-order valence-corrected chi connectivity index (χ4v) is 3.13. The Morgan fingerprint density at radius 3 is 2.81 bits per heavy atom. The maximum atomic E-state index is 5.85. The second-order valence-electron chi connectivity index (χ2n) is 6.83. The second kappa shape index (κ2) is 8.51. The van der Waals surface area contributed by atoms with E-state index in [-0.39, 0.29) is 12.1 Å². The lowest BCUT2D eigenvalue weighted by Crippen LogP contribution is -2.34. The number of methoxy groups -OCH3 is 1. The summed E-state index contributed by atoms with van der Waals surface area (Å²) in [5.74, 6) is 1.21. The fourth-order valence-electron chi connectivity index (χ4n) is 3.13. The van der Waals surface area contributed by atoms with E-state index in [9.17, 15) is 0 Å². The molecule has 0 bridgehead atoms. The third-order valence-corrected chi connectivity index (χ3v) is 4.64. The van der Waals surface area contributed by atoms with E-state index in [1.165, 1.54) is 0 Å². The molecule has 0 amide bonds. The summed E-state index contributed by atoms with van der Waals surface area (Å²) in [5.41, 5.74) is 0.806. The largest absolute Gasteiger partial charge is 0.493 e. The van der Waals surface area contributed by atoms with Crippen LogP contribution in [0.5, 0.6) is 5.75 Å². The summed E-state index contributed by atoms with van der Waals surface area (Å²) in [4.78, 5) is 2.37. The van der Waals surface area contributed by atoms with Crippen LogP contribution in [-0.4, -0.2) is 60.1 Å². The topological polar surface area (TPSA) is 72.7 Å². The standard InChI is InChI=1S/C19H28N4O3/c1-5-10-25-16-9-7-6-8-14(16)18-21-22-19(26-18)20-15-11-23(13(2)3)12-17(15)24-4/h6-9,13,15,17H,5,10-12H2,1-4H3,(H,20,22)/t15-,17-/m0/s1. The molecular weight excluding hydrogens is 332 g/mol. The molecule has 1 aromatic heterocycles. The van der Waals surface area contributed by atoms with E-state index in [4.69, 9.17) is 13.9 Å². The highest BCUT2D eigenvalue weighted by Crippen LogP contribution is 2.30. The molecular formula is C19H28N4O3. The first-order chi connectivity index (χ1) is 12.6. The first-order valence-electron chi connectivity index (χ1n) is 9.21. The van der Waals surface area contributed by atoms with Gasteiger partial charge in [0.1, 0.15) is 5.75 Å². The van der Waals surface area contributed by atoms with Gasteiger partial charge in [-0.3, -0.25) is 4.90 Å². The number of rotatable bonds is 8. The Morgan fingerprint density at radius 2 is 2.08 bits per heavy atom. The number of anilines is 1. The molecule has 142 valence electrons. The van der Waals surface area contributed by atoms with Crippen molar-refractivity contribution in [1.29, 1.82) is 0 Å². The molecule has 1 fully saturated rings. The van der Waals surface area contributed by atoms with Crippen molar-refractivity contribution in [3.63, 3.8) is 0 Å². The van der Waals surface area contributed by atoms with Gasteiger partial charge in [-0.2, -0.15) is 0 Å². The highest BCUT2D eigenvalue weighted by atomic mass is 16.5. The van der Waals surface area contributed by atoms with Crippen molar-refractivity contribution in [2.45, 2.75) is 45.4 Å². The van der Waals surface area contributed by atoms with Gasteiger partial charge in [-0.15, -0.1) is 5.10 Å². The summed E-state index contributed by atoms with van der Waals surface area (Å²) in [5, 5.41) is 11.7. The summed E-state index contributed by atoms with van der Waals surface area (Å²) in [6.45, 7) is 8.87. The van der Waals surface area contributed by atoms with Crippen molar-refractivity contribution >= 4 is 6.01 Å². The molecule has 2 aromatic rings. The van der Waals surface area contributed by atoms with Crippen molar-refractivity contribution in [2.24, 2.45) is 0 Å². The maximum Gasteiger partial charge on any atom is 0.316 e. The molecule has 2 atom stereocenters. The summed E-state index contributed by atoms with van der Waals surface area (Å²) >= 11 is 0. The van der Waals surface area contributed by atoms with Crippen molar-refractivity contribution < 1.29 is 13.9 Å². The van der Waals surface area contributed by atoms with Crippen LogP contribution < -0.4 is 10.1 Å². The zero-order valence-electron chi connectivity index (χ0n) is 15.9. The van der Waals surface area contributed by atoms with Gasteiger partial charge in [-0.25, -0.2) is 0 Å². The van der Waals surface area contributed by atoms with E-state index in [2.05, 4.69) is 41.2 Å². The molecule has 0 aliphatic carbocycles. The van der Waals surface area contributed by atoms with Crippen LogP contribution in [0.4, 0.5) is 6.01 Å². The average molecular weight is 360 g/mol. The lowest BCUT2D eigenvalue weighted by molar-refractivity contribution is 0.0979. The Kier molecular flexibility index (Phi) is 6.11. The minimum absolute atomic E-state index is 0.0907. The van der Waals surface area contributed by atoms with Crippen LogP contribution in [0, 0.1) is 0 Å². The molecule has 0 radical (unpaired) electrons. The van der Waals surface area contributed by atoms with Gasteiger partial charge in [0.25, 0.3) is 5.89 Å². The van der Waals surface area contributed by atoms with Gasteiger partial charge < -0.3 is 19.2 Å². The smallest absolute Gasteiger partial charge is 0.316 e. The molecule has 26 heavy (non-hydrogen) atoms. The van der Waals surface area contributed by atoms with Gasteiger partial charge in [-0.1, -0.05) is 24.2 Å². The third-order valence-electron chi connectivity index (χ3n) is 4.64. The SMILES string of the molecule is CCCOc1ccccc1-c1nnc(N[C@H]2CN(C(C)C)C[C@@H]2OC)o1. The van der Waals surface area contributed by atoms with Crippen LogP contribution in [0.25, 0.3) is 11.5 Å². The van der Waals surface area contributed by atoms with E-state index in [1.807, 2.05) is 24.3 Å². The Labute approximate surface area is 154 Å². The molecule has 1 aliphatic rings. The highest BCUT2D eigenvalue weighted by molar-refractivity contribution is 5.62. The Bertz CT molecular complexity index is 704. The maximum absolute atomic E-state index is 5.85. The van der Waals surface area contributed by atoms with Crippen LogP contribution in [0.2, 0.25) is 0 Å². The third kappa shape index (κ3) is 4.16. The quantitative estimate of drug-likeness (QED) is 0.775. The van der Waals surface area contributed by atoms with E-state index in [0.29, 0.717) is 24.6 Å². The Hall–Kier alpha value is -2.12. The molecule has 7 nitrogen and oxygen atoms in total. The van der Waals surface area contributed by atoms with E-state index in [1.54, 1.807) is 7.11 Å². The summed E-state index contributed by atoms with van der Waals surface area (Å²) in [7, 11) is 1.74. The monoisotopic (exact) mass is 360 g/mol.